The van der Waals surface area contributed by atoms with Crippen LogP contribution in [0.4, 0.5) is 5.69 Å². The van der Waals surface area contributed by atoms with Crippen molar-refractivity contribution in [1.29, 1.82) is 0 Å². The minimum atomic E-state index is -3.06. The fraction of sp³-hybridized carbons (Fsp3) is 0.520. The molecule has 0 aromatic heterocycles. The van der Waals surface area contributed by atoms with E-state index in [1.165, 1.54) is 22.4 Å². The molecule has 2 aromatic rings. The summed E-state index contributed by atoms with van der Waals surface area (Å²) in [4.78, 5) is 2.42. The van der Waals surface area contributed by atoms with Crippen LogP contribution >= 0.6 is 0 Å². The normalized spacial score (nSPS) is 20.0. The topological polar surface area (TPSA) is 46.6 Å². The molecule has 0 amide bonds. The highest BCUT2D eigenvalue weighted by Crippen LogP contribution is 2.24. The molecule has 2 aromatic carbocycles. The molecule has 1 heterocycles. The Morgan fingerprint density at radius 3 is 2.13 bits per heavy atom. The van der Waals surface area contributed by atoms with Crippen LogP contribution in [0.25, 0.3) is 0 Å². The Kier molecular flexibility index (Phi) is 7.25. The summed E-state index contributed by atoms with van der Waals surface area (Å²) in [6, 6.07) is 14.8. The van der Waals surface area contributed by atoms with Gasteiger partial charge in [0.05, 0.1) is 23.2 Å². The van der Waals surface area contributed by atoms with Gasteiger partial charge in [0.2, 0.25) is 0 Å². The van der Waals surface area contributed by atoms with Gasteiger partial charge in [-0.25, -0.2) is 8.42 Å². The minimum Gasteiger partial charge on any atom is -0.372 e. The molecule has 0 aliphatic carbocycles. The second-order valence-corrected chi connectivity index (χ2v) is 11.5. The Bertz CT molecular complexity index is 941. The number of morpholine rings is 1. The maximum atomic E-state index is 12.1. The van der Waals surface area contributed by atoms with Crippen LogP contribution in [0.15, 0.2) is 42.5 Å². The van der Waals surface area contributed by atoms with Crippen LogP contribution < -0.4 is 4.90 Å². The predicted octanol–water partition coefficient (Wildman–Crippen LogP) is 4.72. The van der Waals surface area contributed by atoms with Crippen molar-refractivity contribution in [3.8, 4) is 0 Å². The lowest BCUT2D eigenvalue weighted by Crippen LogP contribution is -2.45. The van der Waals surface area contributed by atoms with Crippen molar-refractivity contribution in [3.05, 3.63) is 64.7 Å². The van der Waals surface area contributed by atoms with Gasteiger partial charge in [0, 0.05) is 18.8 Å². The molecule has 1 aliphatic heterocycles. The van der Waals surface area contributed by atoms with E-state index in [2.05, 4.69) is 56.0 Å². The average Bonchev–Trinajstić information content (AvgIpc) is 2.67. The highest BCUT2D eigenvalue weighted by atomic mass is 32.2. The molecule has 0 bridgehead atoms. The van der Waals surface area contributed by atoms with Crippen molar-refractivity contribution in [2.24, 2.45) is 0 Å². The Morgan fingerprint density at radius 2 is 1.57 bits per heavy atom. The molecule has 0 unspecified atom stereocenters. The Morgan fingerprint density at radius 1 is 0.967 bits per heavy atom. The van der Waals surface area contributed by atoms with Gasteiger partial charge in [-0.05, 0) is 81.8 Å². The summed E-state index contributed by atoms with van der Waals surface area (Å²) in [5, 5.41) is -0.341. The molecule has 0 radical (unpaired) electrons. The summed E-state index contributed by atoms with van der Waals surface area (Å²) in [5.41, 5.74) is 6.05. The van der Waals surface area contributed by atoms with Crippen molar-refractivity contribution >= 4 is 15.5 Å². The van der Waals surface area contributed by atoms with Gasteiger partial charge in [-0.1, -0.05) is 30.3 Å². The van der Waals surface area contributed by atoms with Gasteiger partial charge in [0.25, 0.3) is 0 Å². The molecule has 3 rings (SSSR count). The third-order valence-electron chi connectivity index (χ3n) is 5.90. The van der Waals surface area contributed by atoms with Gasteiger partial charge in [-0.3, -0.25) is 0 Å². The molecule has 1 aliphatic rings. The SMILES string of the molecule is Cc1cc(N2C[C@@H](C)O[C@@H](C)C2)ccc1CCc1ccc(CS(=O)(=O)C(C)C)cc1. The van der Waals surface area contributed by atoms with E-state index < -0.39 is 9.84 Å². The zero-order chi connectivity index (χ0) is 21.9. The molecule has 0 N–H and O–H groups in total. The van der Waals surface area contributed by atoms with Crippen molar-refractivity contribution in [3.63, 3.8) is 0 Å². The number of hydrogen-bond acceptors (Lipinski definition) is 4. The highest BCUT2D eigenvalue weighted by Gasteiger charge is 2.22. The molecular weight excluding hydrogens is 394 g/mol. The summed E-state index contributed by atoms with van der Waals surface area (Å²) in [6.45, 7) is 11.8. The van der Waals surface area contributed by atoms with Crippen molar-refractivity contribution in [1.82, 2.24) is 0 Å². The molecule has 164 valence electrons. The van der Waals surface area contributed by atoms with E-state index in [1.807, 2.05) is 12.1 Å². The summed E-state index contributed by atoms with van der Waals surface area (Å²) in [6.07, 6.45) is 2.44. The van der Waals surface area contributed by atoms with Gasteiger partial charge in [0.15, 0.2) is 9.84 Å². The number of anilines is 1. The van der Waals surface area contributed by atoms with E-state index in [9.17, 15) is 8.42 Å². The van der Waals surface area contributed by atoms with Crippen LogP contribution in [0, 0.1) is 6.92 Å². The first-order chi connectivity index (χ1) is 14.1. The van der Waals surface area contributed by atoms with Crippen LogP contribution in [0.5, 0.6) is 0 Å². The second-order valence-electron chi connectivity index (χ2n) is 8.95. The van der Waals surface area contributed by atoms with Gasteiger partial charge in [-0.15, -0.1) is 0 Å². The van der Waals surface area contributed by atoms with Gasteiger partial charge >= 0.3 is 0 Å². The van der Waals surface area contributed by atoms with Crippen LogP contribution in [0.3, 0.4) is 0 Å². The van der Waals surface area contributed by atoms with Crippen molar-refractivity contribution in [2.45, 2.75) is 70.7 Å². The van der Waals surface area contributed by atoms with Gasteiger partial charge < -0.3 is 9.64 Å². The number of rotatable bonds is 7. The second kappa shape index (κ2) is 9.52. The maximum Gasteiger partial charge on any atom is 0.156 e. The molecule has 4 nitrogen and oxygen atoms in total. The van der Waals surface area contributed by atoms with Crippen LogP contribution in [0.1, 0.15) is 49.9 Å². The molecule has 0 spiro atoms. The molecule has 0 saturated carbocycles. The first-order valence-electron chi connectivity index (χ1n) is 10.9. The van der Waals surface area contributed by atoms with E-state index in [0.29, 0.717) is 0 Å². The number of aryl methyl sites for hydroxylation is 3. The molecular formula is C25H35NO3S. The highest BCUT2D eigenvalue weighted by molar-refractivity contribution is 7.91. The molecule has 1 saturated heterocycles. The smallest absolute Gasteiger partial charge is 0.156 e. The first-order valence-corrected chi connectivity index (χ1v) is 12.6. The van der Waals surface area contributed by atoms with E-state index in [-0.39, 0.29) is 23.2 Å². The zero-order valence-corrected chi connectivity index (χ0v) is 19.7. The fourth-order valence-corrected chi connectivity index (χ4v) is 5.02. The predicted molar refractivity (Wildman–Crippen MR) is 125 cm³/mol. The van der Waals surface area contributed by atoms with Crippen LogP contribution in [-0.2, 0) is 33.2 Å². The number of benzene rings is 2. The van der Waals surface area contributed by atoms with E-state index in [1.54, 1.807) is 13.8 Å². The summed E-state index contributed by atoms with van der Waals surface area (Å²) >= 11 is 0. The fourth-order valence-electron chi connectivity index (χ4n) is 4.03. The Labute approximate surface area is 182 Å². The van der Waals surface area contributed by atoms with Gasteiger partial charge in [-0.2, -0.15) is 0 Å². The largest absolute Gasteiger partial charge is 0.372 e. The van der Waals surface area contributed by atoms with Crippen molar-refractivity contribution in [2.75, 3.05) is 18.0 Å². The summed E-state index contributed by atoms with van der Waals surface area (Å²) < 4.78 is 30.1. The number of ether oxygens (including phenoxy) is 1. The standard InChI is InChI=1S/C25H35NO3S/c1-18(2)30(27,28)17-23-8-6-22(7-9-23)10-11-24-12-13-25(14-19(24)3)26-15-20(4)29-21(5)16-26/h6-9,12-14,18,20-21H,10-11,15-17H2,1-5H3/t20-,21+. The first kappa shape index (κ1) is 22.8. The van der Waals surface area contributed by atoms with Crippen LogP contribution in [0.2, 0.25) is 0 Å². The summed E-state index contributed by atoms with van der Waals surface area (Å²) in [5.74, 6) is 0.115. The maximum absolute atomic E-state index is 12.1. The van der Waals surface area contributed by atoms with E-state index in [0.717, 1.165) is 31.5 Å². The zero-order valence-electron chi connectivity index (χ0n) is 18.9. The van der Waals surface area contributed by atoms with Crippen molar-refractivity contribution < 1.29 is 13.2 Å². The quantitative estimate of drug-likeness (QED) is 0.639. The molecule has 30 heavy (non-hydrogen) atoms. The third kappa shape index (κ3) is 5.86. The third-order valence-corrected chi connectivity index (χ3v) is 8.08. The number of nitrogens with zero attached hydrogens (tertiary/aromatic N) is 1. The lowest BCUT2D eigenvalue weighted by Gasteiger charge is -2.37. The lowest BCUT2D eigenvalue weighted by atomic mass is 9.99. The average molecular weight is 430 g/mol. The Balaban J connectivity index is 1.61. The summed E-state index contributed by atoms with van der Waals surface area (Å²) in [7, 11) is -3.06. The number of sulfone groups is 1. The molecule has 1 fully saturated rings. The van der Waals surface area contributed by atoms with Crippen LogP contribution in [-0.4, -0.2) is 39.0 Å². The molecule has 2 atom stereocenters. The van der Waals surface area contributed by atoms with E-state index >= 15 is 0 Å². The monoisotopic (exact) mass is 429 g/mol. The minimum absolute atomic E-state index is 0.115. The lowest BCUT2D eigenvalue weighted by molar-refractivity contribution is -0.00522. The van der Waals surface area contributed by atoms with Gasteiger partial charge in [0.1, 0.15) is 0 Å². The number of hydrogen-bond donors (Lipinski definition) is 0. The Hall–Kier alpha value is -1.85. The molecule has 5 heteroatoms. The van der Waals surface area contributed by atoms with E-state index in [4.69, 9.17) is 4.74 Å².